The van der Waals surface area contributed by atoms with E-state index in [0.29, 0.717) is 0 Å². The zero-order valence-electron chi connectivity index (χ0n) is 10.4. The second-order valence-electron chi connectivity index (χ2n) is 4.28. The van der Waals surface area contributed by atoms with Gasteiger partial charge >= 0.3 is 0 Å². The largest absolute Gasteiger partial charge is 0.363 e. The normalized spacial score (nSPS) is 10.3. The quantitative estimate of drug-likeness (QED) is 0.761. The Balaban J connectivity index is 1.69. The molecule has 1 aromatic heterocycles. The molecule has 3 nitrogen and oxygen atoms in total. The fourth-order valence-corrected chi connectivity index (χ4v) is 1.89. The van der Waals surface area contributed by atoms with Crippen LogP contribution in [-0.2, 0) is 6.54 Å². The standard InChI is InChI=1S/C16H14N2O/c1-3-7-13(8-4-1)12-17-16-11-15(19-18-16)14-9-5-2-6-10-14/h1-11H,12H2,(H,17,18). The Labute approximate surface area is 111 Å². The summed E-state index contributed by atoms with van der Waals surface area (Å²) < 4.78 is 5.33. The summed E-state index contributed by atoms with van der Waals surface area (Å²) in [5.74, 6) is 1.53. The SMILES string of the molecule is c1ccc(CNc2cc(-c3ccccc3)on2)cc1. The van der Waals surface area contributed by atoms with Gasteiger partial charge < -0.3 is 9.84 Å². The van der Waals surface area contributed by atoms with Crippen molar-refractivity contribution in [3.05, 3.63) is 72.3 Å². The van der Waals surface area contributed by atoms with Gasteiger partial charge in [-0.1, -0.05) is 65.8 Å². The Morgan fingerprint density at radius 2 is 1.58 bits per heavy atom. The van der Waals surface area contributed by atoms with Crippen LogP contribution in [0.25, 0.3) is 11.3 Å². The van der Waals surface area contributed by atoms with Crippen molar-refractivity contribution in [3.8, 4) is 11.3 Å². The van der Waals surface area contributed by atoms with Crippen molar-refractivity contribution in [3.63, 3.8) is 0 Å². The van der Waals surface area contributed by atoms with Crippen LogP contribution in [0.4, 0.5) is 5.82 Å². The first-order chi connectivity index (χ1) is 9.42. The van der Waals surface area contributed by atoms with Crippen LogP contribution in [-0.4, -0.2) is 5.16 Å². The molecule has 0 unspecified atom stereocenters. The van der Waals surface area contributed by atoms with Gasteiger partial charge in [-0.25, -0.2) is 0 Å². The molecule has 0 atom stereocenters. The van der Waals surface area contributed by atoms with Gasteiger partial charge in [0.2, 0.25) is 0 Å². The molecular formula is C16H14N2O. The third kappa shape index (κ3) is 2.83. The molecule has 3 rings (SSSR count). The van der Waals surface area contributed by atoms with Crippen molar-refractivity contribution >= 4 is 5.82 Å². The topological polar surface area (TPSA) is 38.1 Å². The maximum absolute atomic E-state index is 5.33. The molecule has 1 heterocycles. The Hall–Kier alpha value is -2.55. The van der Waals surface area contributed by atoms with Crippen LogP contribution >= 0.6 is 0 Å². The van der Waals surface area contributed by atoms with Crippen molar-refractivity contribution in [2.24, 2.45) is 0 Å². The summed E-state index contributed by atoms with van der Waals surface area (Å²) in [5.41, 5.74) is 2.24. The highest BCUT2D eigenvalue weighted by atomic mass is 16.5. The Kier molecular flexibility index (Phi) is 3.28. The minimum atomic E-state index is 0.738. The average Bonchev–Trinajstić information content (AvgIpc) is 2.96. The molecular weight excluding hydrogens is 236 g/mol. The lowest BCUT2D eigenvalue weighted by Crippen LogP contribution is -1.98. The highest BCUT2D eigenvalue weighted by molar-refractivity contribution is 5.60. The molecule has 3 aromatic rings. The van der Waals surface area contributed by atoms with Crippen LogP contribution in [0.1, 0.15) is 5.56 Å². The van der Waals surface area contributed by atoms with E-state index in [1.807, 2.05) is 54.6 Å². The Morgan fingerprint density at radius 1 is 0.895 bits per heavy atom. The van der Waals surface area contributed by atoms with Crippen molar-refractivity contribution in [1.82, 2.24) is 5.16 Å². The highest BCUT2D eigenvalue weighted by Gasteiger charge is 2.05. The molecule has 0 fully saturated rings. The van der Waals surface area contributed by atoms with E-state index in [1.54, 1.807) is 0 Å². The molecule has 19 heavy (non-hydrogen) atoms. The van der Waals surface area contributed by atoms with Crippen LogP contribution < -0.4 is 5.32 Å². The van der Waals surface area contributed by atoms with E-state index < -0.39 is 0 Å². The van der Waals surface area contributed by atoms with Crippen LogP contribution in [0.2, 0.25) is 0 Å². The highest BCUT2D eigenvalue weighted by Crippen LogP contribution is 2.22. The van der Waals surface area contributed by atoms with Gasteiger partial charge in [0.05, 0.1) is 0 Å². The number of hydrogen-bond donors (Lipinski definition) is 1. The molecule has 0 spiro atoms. The number of nitrogens with zero attached hydrogens (tertiary/aromatic N) is 1. The van der Waals surface area contributed by atoms with E-state index in [2.05, 4.69) is 22.6 Å². The van der Waals surface area contributed by atoms with Crippen LogP contribution in [0, 0.1) is 0 Å². The molecule has 0 saturated heterocycles. The van der Waals surface area contributed by atoms with Crippen molar-refractivity contribution in [2.45, 2.75) is 6.54 Å². The van der Waals surface area contributed by atoms with Gasteiger partial charge in [-0.2, -0.15) is 0 Å². The Bertz CT molecular complexity index is 632. The lowest BCUT2D eigenvalue weighted by molar-refractivity contribution is 0.435. The number of aromatic nitrogens is 1. The minimum Gasteiger partial charge on any atom is -0.363 e. The average molecular weight is 250 g/mol. The number of rotatable bonds is 4. The minimum absolute atomic E-state index is 0.738. The molecule has 3 heteroatoms. The first-order valence-electron chi connectivity index (χ1n) is 6.22. The van der Waals surface area contributed by atoms with Gasteiger partial charge in [-0.05, 0) is 5.56 Å². The van der Waals surface area contributed by atoms with Crippen molar-refractivity contribution in [2.75, 3.05) is 5.32 Å². The lowest BCUT2D eigenvalue weighted by Gasteiger charge is -2.01. The van der Waals surface area contributed by atoms with Gasteiger partial charge in [0.25, 0.3) is 0 Å². The van der Waals surface area contributed by atoms with Crippen molar-refractivity contribution in [1.29, 1.82) is 0 Å². The summed E-state index contributed by atoms with van der Waals surface area (Å²) in [6.45, 7) is 0.738. The third-order valence-electron chi connectivity index (χ3n) is 2.88. The summed E-state index contributed by atoms with van der Waals surface area (Å²) >= 11 is 0. The smallest absolute Gasteiger partial charge is 0.170 e. The molecule has 0 saturated carbocycles. The molecule has 0 amide bonds. The fourth-order valence-electron chi connectivity index (χ4n) is 1.89. The van der Waals surface area contributed by atoms with Gasteiger partial charge in [-0.15, -0.1) is 0 Å². The van der Waals surface area contributed by atoms with Gasteiger partial charge in [0, 0.05) is 18.2 Å². The van der Waals surface area contributed by atoms with Crippen molar-refractivity contribution < 1.29 is 4.52 Å². The van der Waals surface area contributed by atoms with Gasteiger partial charge in [-0.3, -0.25) is 0 Å². The second kappa shape index (κ2) is 5.40. The first-order valence-corrected chi connectivity index (χ1v) is 6.22. The third-order valence-corrected chi connectivity index (χ3v) is 2.88. The van der Waals surface area contributed by atoms with E-state index in [1.165, 1.54) is 5.56 Å². The van der Waals surface area contributed by atoms with Crippen LogP contribution in [0.15, 0.2) is 71.3 Å². The van der Waals surface area contributed by atoms with Crippen LogP contribution in [0.5, 0.6) is 0 Å². The predicted molar refractivity (Wildman–Crippen MR) is 75.7 cm³/mol. The van der Waals surface area contributed by atoms with Gasteiger partial charge in [0.1, 0.15) is 0 Å². The lowest BCUT2D eigenvalue weighted by atomic mass is 10.2. The molecule has 0 aliphatic rings. The monoisotopic (exact) mass is 250 g/mol. The predicted octanol–water partition coefficient (Wildman–Crippen LogP) is 3.95. The number of benzene rings is 2. The molecule has 0 radical (unpaired) electrons. The van der Waals surface area contributed by atoms with E-state index >= 15 is 0 Å². The molecule has 2 aromatic carbocycles. The van der Waals surface area contributed by atoms with E-state index in [-0.39, 0.29) is 0 Å². The first kappa shape index (κ1) is 11.5. The zero-order valence-corrected chi connectivity index (χ0v) is 10.4. The van der Waals surface area contributed by atoms with E-state index in [0.717, 1.165) is 23.7 Å². The molecule has 94 valence electrons. The Morgan fingerprint density at radius 3 is 2.32 bits per heavy atom. The summed E-state index contributed by atoms with van der Waals surface area (Å²) in [5, 5.41) is 7.27. The number of hydrogen-bond acceptors (Lipinski definition) is 3. The van der Waals surface area contributed by atoms with E-state index in [9.17, 15) is 0 Å². The summed E-state index contributed by atoms with van der Waals surface area (Å²) in [6, 6.07) is 22.1. The zero-order chi connectivity index (χ0) is 12.9. The molecule has 0 aliphatic heterocycles. The van der Waals surface area contributed by atoms with Gasteiger partial charge in [0.15, 0.2) is 11.6 Å². The summed E-state index contributed by atoms with van der Waals surface area (Å²) in [6.07, 6.45) is 0. The maximum atomic E-state index is 5.33. The number of nitrogens with one attached hydrogen (secondary N) is 1. The van der Waals surface area contributed by atoms with E-state index in [4.69, 9.17) is 4.52 Å². The summed E-state index contributed by atoms with van der Waals surface area (Å²) in [7, 11) is 0. The molecule has 1 N–H and O–H groups in total. The summed E-state index contributed by atoms with van der Waals surface area (Å²) in [4.78, 5) is 0. The molecule has 0 aliphatic carbocycles. The number of anilines is 1. The second-order valence-corrected chi connectivity index (χ2v) is 4.28. The fraction of sp³-hybridized carbons (Fsp3) is 0.0625. The van der Waals surface area contributed by atoms with Crippen LogP contribution in [0.3, 0.4) is 0 Å². The molecule has 0 bridgehead atoms. The maximum Gasteiger partial charge on any atom is 0.170 e.